The van der Waals surface area contributed by atoms with Gasteiger partial charge in [-0.2, -0.15) is 0 Å². The lowest BCUT2D eigenvalue weighted by Gasteiger charge is -2.38. The summed E-state index contributed by atoms with van der Waals surface area (Å²) in [5.74, 6) is 0.204. The first-order valence-electron chi connectivity index (χ1n) is 5.86. The second kappa shape index (κ2) is 3.51. The largest absolute Gasteiger partial charge is 0.364 e. The summed E-state index contributed by atoms with van der Waals surface area (Å²) >= 11 is 0. The van der Waals surface area contributed by atoms with Gasteiger partial charge in [0.05, 0.1) is 6.04 Å². The second-order valence-corrected chi connectivity index (χ2v) is 4.65. The molecule has 1 amide bonds. The topological polar surface area (TPSA) is 23.6 Å². The van der Waals surface area contributed by atoms with Gasteiger partial charge in [0.25, 0.3) is 0 Å². The predicted molar refractivity (Wildman–Crippen MR) is 63.5 cm³/mol. The average molecular weight is 216 g/mol. The summed E-state index contributed by atoms with van der Waals surface area (Å²) in [6, 6.07) is 9.08. The van der Waals surface area contributed by atoms with Crippen molar-refractivity contribution < 1.29 is 4.79 Å². The predicted octanol–water partition coefficient (Wildman–Crippen LogP) is 1.28. The fraction of sp³-hybridized carbons (Fsp3) is 0.462. The average Bonchev–Trinajstić information content (AvgIpc) is 2.66. The van der Waals surface area contributed by atoms with Crippen LogP contribution in [0.1, 0.15) is 12.5 Å². The molecule has 0 radical (unpaired) electrons. The van der Waals surface area contributed by atoms with E-state index < -0.39 is 0 Å². The number of rotatable bonds is 0. The number of para-hydroxylation sites is 1. The van der Waals surface area contributed by atoms with E-state index in [1.165, 1.54) is 11.3 Å². The molecule has 0 spiro atoms. The van der Waals surface area contributed by atoms with Crippen LogP contribution < -0.4 is 4.90 Å². The molecular weight excluding hydrogens is 200 g/mol. The van der Waals surface area contributed by atoms with Crippen molar-refractivity contribution in [3.8, 4) is 0 Å². The van der Waals surface area contributed by atoms with Crippen LogP contribution in [0.15, 0.2) is 24.3 Å². The molecule has 0 N–H and O–H groups in total. The summed E-state index contributed by atoms with van der Waals surface area (Å²) in [5.41, 5.74) is 2.80. The Labute approximate surface area is 95.7 Å². The maximum atomic E-state index is 11.4. The van der Waals surface area contributed by atoms with Crippen LogP contribution in [0.4, 0.5) is 5.69 Å². The molecule has 0 aliphatic carbocycles. The standard InChI is InChI=1S/C13H16N2O/c1-10(16)14-6-7-15-12(9-14)8-11-4-2-3-5-13(11)15/h2-5,12H,6-9H2,1H3. The van der Waals surface area contributed by atoms with Crippen LogP contribution >= 0.6 is 0 Å². The summed E-state index contributed by atoms with van der Waals surface area (Å²) in [4.78, 5) is 15.8. The molecule has 1 atom stereocenters. The van der Waals surface area contributed by atoms with Crippen LogP contribution in [0.25, 0.3) is 0 Å². The second-order valence-electron chi connectivity index (χ2n) is 4.65. The Morgan fingerprint density at radius 1 is 1.31 bits per heavy atom. The summed E-state index contributed by atoms with van der Waals surface area (Å²) in [5, 5.41) is 0. The number of fused-ring (bicyclic) bond motifs is 3. The first-order chi connectivity index (χ1) is 7.75. The molecule has 1 aromatic carbocycles. The van der Waals surface area contributed by atoms with Gasteiger partial charge in [0.15, 0.2) is 0 Å². The third-order valence-corrected chi connectivity index (χ3v) is 3.68. The molecule has 84 valence electrons. The molecule has 0 aromatic heterocycles. The maximum Gasteiger partial charge on any atom is 0.219 e. The number of hydrogen-bond donors (Lipinski definition) is 0. The van der Waals surface area contributed by atoms with Crippen LogP contribution in [0, 0.1) is 0 Å². The Bertz CT molecular complexity index is 430. The van der Waals surface area contributed by atoms with E-state index in [2.05, 4.69) is 29.2 Å². The minimum atomic E-state index is 0.204. The number of benzene rings is 1. The Kier molecular flexibility index (Phi) is 2.13. The Balaban J connectivity index is 1.85. The fourth-order valence-electron chi connectivity index (χ4n) is 2.85. The third kappa shape index (κ3) is 1.39. The molecule has 0 bridgehead atoms. The first kappa shape index (κ1) is 9.70. The van der Waals surface area contributed by atoms with Gasteiger partial charge in [-0.15, -0.1) is 0 Å². The quantitative estimate of drug-likeness (QED) is 0.652. The van der Waals surface area contributed by atoms with Gasteiger partial charge in [-0.25, -0.2) is 0 Å². The maximum absolute atomic E-state index is 11.4. The number of hydrogen-bond acceptors (Lipinski definition) is 2. The summed E-state index contributed by atoms with van der Waals surface area (Å²) in [7, 11) is 0. The van der Waals surface area contributed by atoms with Crippen molar-refractivity contribution in [1.29, 1.82) is 0 Å². The van der Waals surface area contributed by atoms with Gasteiger partial charge in [-0.05, 0) is 18.1 Å². The molecule has 2 aliphatic rings. The molecule has 3 heteroatoms. The molecular formula is C13H16N2O. The highest BCUT2D eigenvalue weighted by molar-refractivity contribution is 5.74. The SMILES string of the molecule is CC(=O)N1CCN2c3ccccc3CC2C1. The molecule has 2 heterocycles. The van der Waals surface area contributed by atoms with Crippen molar-refractivity contribution in [2.75, 3.05) is 24.5 Å². The molecule has 1 fully saturated rings. The molecule has 0 saturated carbocycles. The number of nitrogens with zero attached hydrogens (tertiary/aromatic N) is 2. The zero-order chi connectivity index (χ0) is 11.1. The van der Waals surface area contributed by atoms with E-state index in [-0.39, 0.29) is 5.91 Å². The van der Waals surface area contributed by atoms with E-state index in [9.17, 15) is 4.79 Å². The Morgan fingerprint density at radius 2 is 2.12 bits per heavy atom. The van der Waals surface area contributed by atoms with E-state index in [4.69, 9.17) is 0 Å². The normalized spacial score (nSPS) is 22.9. The van der Waals surface area contributed by atoms with Crippen LogP contribution in [-0.2, 0) is 11.2 Å². The number of piperazine rings is 1. The number of carbonyl (C=O) groups is 1. The number of anilines is 1. The molecule has 16 heavy (non-hydrogen) atoms. The van der Waals surface area contributed by atoms with Gasteiger partial charge in [-0.1, -0.05) is 18.2 Å². The molecule has 1 aromatic rings. The number of amides is 1. The van der Waals surface area contributed by atoms with Crippen LogP contribution in [-0.4, -0.2) is 36.5 Å². The van der Waals surface area contributed by atoms with Crippen LogP contribution in [0.2, 0.25) is 0 Å². The molecule has 1 unspecified atom stereocenters. The first-order valence-corrected chi connectivity index (χ1v) is 5.86. The third-order valence-electron chi connectivity index (χ3n) is 3.68. The lowest BCUT2D eigenvalue weighted by molar-refractivity contribution is -0.129. The smallest absolute Gasteiger partial charge is 0.219 e. The highest BCUT2D eigenvalue weighted by Crippen LogP contribution is 2.33. The van der Waals surface area contributed by atoms with Gasteiger partial charge in [-0.3, -0.25) is 4.79 Å². The van der Waals surface area contributed by atoms with Crippen LogP contribution in [0.5, 0.6) is 0 Å². The molecule has 1 saturated heterocycles. The molecule has 3 rings (SSSR count). The van der Waals surface area contributed by atoms with Crippen molar-refractivity contribution in [3.05, 3.63) is 29.8 Å². The summed E-state index contributed by atoms with van der Waals surface area (Å²) in [6.45, 7) is 4.38. The summed E-state index contributed by atoms with van der Waals surface area (Å²) < 4.78 is 0. The van der Waals surface area contributed by atoms with E-state index in [1.807, 2.05) is 4.90 Å². The van der Waals surface area contributed by atoms with E-state index in [0.29, 0.717) is 6.04 Å². The number of carbonyl (C=O) groups excluding carboxylic acids is 1. The van der Waals surface area contributed by atoms with Gasteiger partial charge < -0.3 is 9.80 Å². The monoisotopic (exact) mass is 216 g/mol. The minimum Gasteiger partial charge on any atom is -0.364 e. The van der Waals surface area contributed by atoms with E-state index >= 15 is 0 Å². The van der Waals surface area contributed by atoms with Crippen molar-refractivity contribution in [3.63, 3.8) is 0 Å². The van der Waals surface area contributed by atoms with Crippen molar-refractivity contribution in [1.82, 2.24) is 4.90 Å². The summed E-state index contributed by atoms with van der Waals surface area (Å²) in [6.07, 6.45) is 1.08. The van der Waals surface area contributed by atoms with Crippen molar-refractivity contribution in [2.45, 2.75) is 19.4 Å². The van der Waals surface area contributed by atoms with Gasteiger partial charge in [0.1, 0.15) is 0 Å². The zero-order valence-corrected chi connectivity index (χ0v) is 9.52. The zero-order valence-electron chi connectivity index (χ0n) is 9.52. The minimum absolute atomic E-state index is 0.204. The highest BCUT2D eigenvalue weighted by atomic mass is 16.2. The Morgan fingerprint density at radius 3 is 2.94 bits per heavy atom. The Hall–Kier alpha value is -1.51. The van der Waals surface area contributed by atoms with E-state index in [0.717, 1.165) is 26.1 Å². The van der Waals surface area contributed by atoms with E-state index in [1.54, 1.807) is 6.92 Å². The van der Waals surface area contributed by atoms with Gasteiger partial charge in [0.2, 0.25) is 5.91 Å². The molecule has 3 nitrogen and oxygen atoms in total. The van der Waals surface area contributed by atoms with Gasteiger partial charge >= 0.3 is 0 Å². The lowest BCUT2D eigenvalue weighted by Crippen LogP contribution is -2.53. The highest BCUT2D eigenvalue weighted by Gasteiger charge is 2.34. The van der Waals surface area contributed by atoms with Gasteiger partial charge in [0, 0.05) is 32.2 Å². The van der Waals surface area contributed by atoms with Crippen molar-refractivity contribution >= 4 is 11.6 Å². The molecule has 2 aliphatic heterocycles. The van der Waals surface area contributed by atoms with Crippen molar-refractivity contribution in [2.24, 2.45) is 0 Å². The van der Waals surface area contributed by atoms with Crippen LogP contribution in [0.3, 0.4) is 0 Å². The lowest BCUT2D eigenvalue weighted by atomic mass is 10.1. The fourth-order valence-corrected chi connectivity index (χ4v) is 2.85.